The Labute approximate surface area is 221 Å². The molecule has 10 heteroatoms. The first-order valence-electron chi connectivity index (χ1n) is 10.6. The molecule has 0 bridgehead atoms. The van der Waals surface area contributed by atoms with E-state index in [0.717, 1.165) is 10.0 Å². The number of carbonyl (C=O) groups excluding carboxylic acids is 3. The van der Waals surface area contributed by atoms with Crippen molar-refractivity contribution < 1.29 is 19.2 Å². The molecule has 0 aliphatic rings. The molecule has 35 heavy (non-hydrogen) atoms. The Morgan fingerprint density at radius 1 is 0.886 bits per heavy atom. The molecule has 0 aliphatic heterocycles. The van der Waals surface area contributed by atoms with Crippen molar-refractivity contribution in [3.63, 3.8) is 0 Å². The van der Waals surface area contributed by atoms with Crippen LogP contribution in [-0.2, 0) is 21.0 Å². The molecule has 182 valence electrons. The molecule has 3 rings (SSSR count). The van der Waals surface area contributed by atoms with E-state index < -0.39 is 17.9 Å². The summed E-state index contributed by atoms with van der Waals surface area (Å²) in [5.74, 6) is -1.49. The van der Waals surface area contributed by atoms with Crippen LogP contribution in [0.4, 0.5) is 10.5 Å². The third-order valence-corrected chi connectivity index (χ3v) is 6.02. The first-order chi connectivity index (χ1) is 16.8. The highest BCUT2D eigenvalue weighted by atomic mass is 79.9. The van der Waals surface area contributed by atoms with Crippen LogP contribution in [0.15, 0.2) is 77.3 Å². The van der Waals surface area contributed by atoms with E-state index in [1.54, 1.807) is 42.5 Å². The first-order valence-corrected chi connectivity index (χ1v) is 12.1. The van der Waals surface area contributed by atoms with Crippen molar-refractivity contribution in [1.82, 2.24) is 10.8 Å². The zero-order valence-corrected chi connectivity index (χ0v) is 21.5. The van der Waals surface area contributed by atoms with Gasteiger partial charge in [-0.3, -0.25) is 9.59 Å². The number of amides is 3. The fourth-order valence-corrected chi connectivity index (χ4v) is 4.10. The minimum Gasteiger partial charge on any atom is -0.326 e. The number of halogens is 3. The van der Waals surface area contributed by atoms with Gasteiger partial charge in [0.15, 0.2) is 0 Å². The lowest BCUT2D eigenvalue weighted by Crippen LogP contribution is -2.34. The Morgan fingerprint density at radius 3 is 2.26 bits per heavy atom. The molecule has 3 aromatic carbocycles. The maximum atomic E-state index is 12.7. The van der Waals surface area contributed by atoms with Gasteiger partial charge in [0.25, 0.3) is 5.91 Å². The predicted octanol–water partition coefficient (Wildman–Crippen LogP) is 6.22. The Balaban J connectivity index is 1.60. The normalized spacial score (nSPS) is 11.3. The standard InChI is InChI=1S/C25H22BrCl2N3O4/c26-18-6-9-20(10-7-18)30-23(32)12-17(21-11-8-19(27)14-22(21)28)13-24(33)31-35-25(34)29-15-16-4-2-1-3-5-16/h1-11,14,17H,12-13,15H2,(H,29,34)(H,30,32)(H,31,33). The Morgan fingerprint density at radius 2 is 1.57 bits per heavy atom. The van der Waals surface area contributed by atoms with Crippen molar-refractivity contribution in [2.45, 2.75) is 25.3 Å². The maximum Gasteiger partial charge on any atom is 0.431 e. The molecule has 3 amide bonds. The highest BCUT2D eigenvalue weighted by Gasteiger charge is 2.23. The van der Waals surface area contributed by atoms with Crippen LogP contribution in [0.2, 0.25) is 10.0 Å². The predicted molar refractivity (Wildman–Crippen MR) is 139 cm³/mol. The monoisotopic (exact) mass is 577 g/mol. The summed E-state index contributed by atoms with van der Waals surface area (Å²) in [7, 11) is 0. The lowest BCUT2D eigenvalue weighted by atomic mass is 9.91. The van der Waals surface area contributed by atoms with Gasteiger partial charge in [-0.25, -0.2) is 4.79 Å². The molecule has 1 unspecified atom stereocenters. The highest BCUT2D eigenvalue weighted by Crippen LogP contribution is 2.32. The van der Waals surface area contributed by atoms with Crippen LogP contribution >= 0.6 is 39.1 Å². The molecule has 0 saturated heterocycles. The van der Waals surface area contributed by atoms with E-state index in [4.69, 9.17) is 28.0 Å². The number of hydroxylamine groups is 1. The molecule has 0 spiro atoms. The summed E-state index contributed by atoms with van der Waals surface area (Å²) in [6, 6.07) is 21.2. The van der Waals surface area contributed by atoms with E-state index >= 15 is 0 Å². The maximum absolute atomic E-state index is 12.7. The molecule has 0 fully saturated rings. The Bertz CT molecular complexity index is 1180. The molecule has 0 aromatic heterocycles. The first kappa shape index (κ1) is 26.5. The quantitative estimate of drug-likeness (QED) is 0.277. The number of benzene rings is 3. The van der Waals surface area contributed by atoms with E-state index in [-0.39, 0.29) is 25.3 Å². The number of hydrogen-bond donors (Lipinski definition) is 3. The third-order valence-electron chi connectivity index (χ3n) is 4.93. The van der Waals surface area contributed by atoms with Crippen LogP contribution in [0.3, 0.4) is 0 Å². The van der Waals surface area contributed by atoms with Crippen LogP contribution in [0.25, 0.3) is 0 Å². The topological polar surface area (TPSA) is 96.5 Å². The van der Waals surface area contributed by atoms with Crippen molar-refractivity contribution in [1.29, 1.82) is 0 Å². The van der Waals surface area contributed by atoms with Crippen LogP contribution in [0.1, 0.15) is 29.9 Å². The van der Waals surface area contributed by atoms with Crippen LogP contribution in [-0.4, -0.2) is 17.9 Å². The van der Waals surface area contributed by atoms with Crippen molar-refractivity contribution in [3.05, 3.63) is 98.4 Å². The summed E-state index contributed by atoms with van der Waals surface area (Å²) in [6.07, 6.45) is -0.997. The average Bonchev–Trinajstić information content (AvgIpc) is 2.83. The number of anilines is 1. The summed E-state index contributed by atoms with van der Waals surface area (Å²) >= 11 is 15.7. The molecule has 0 heterocycles. The Hall–Kier alpha value is -3.07. The average molecular weight is 579 g/mol. The smallest absolute Gasteiger partial charge is 0.326 e. The molecular formula is C25H22BrCl2N3O4. The van der Waals surface area contributed by atoms with Gasteiger partial charge in [0.05, 0.1) is 0 Å². The van der Waals surface area contributed by atoms with E-state index in [1.165, 1.54) is 0 Å². The van der Waals surface area contributed by atoms with Gasteiger partial charge in [-0.2, -0.15) is 5.48 Å². The second kappa shape index (κ2) is 13.1. The molecule has 7 nitrogen and oxygen atoms in total. The molecule has 0 saturated carbocycles. The lowest BCUT2D eigenvalue weighted by molar-refractivity contribution is -0.130. The van der Waals surface area contributed by atoms with Gasteiger partial charge in [0, 0.05) is 45.5 Å². The van der Waals surface area contributed by atoms with Crippen molar-refractivity contribution in [2.24, 2.45) is 0 Å². The molecule has 3 aromatic rings. The fraction of sp³-hybridized carbons (Fsp3) is 0.160. The molecule has 0 radical (unpaired) electrons. The summed E-state index contributed by atoms with van der Waals surface area (Å²) in [5.41, 5.74) is 4.19. The van der Waals surface area contributed by atoms with Gasteiger partial charge < -0.3 is 15.5 Å². The van der Waals surface area contributed by atoms with E-state index in [9.17, 15) is 14.4 Å². The summed E-state index contributed by atoms with van der Waals surface area (Å²) in [4.78, 5) is 42.0. The largest absolute Gasteiger partial charge is 0.431 e. The second-order valence-electron chi connectivity index (χ2n) is 7.58. The molecule has 1 atom stereocenters. The van der Waals surface area contributed by atoms with E-state index in [2.05, 4.69) is 32.0 Å². The van der Waals surface area contributed by atoms with Crippen molar-refractivity contribution in [2.75, 3.05) is 5.32 Å². The minimum atomic E-state index is -0.809. The van der Waals surface area contributed by atoms with Crippen LogP contribution in [0.5, 0.6) is 0 Å². The molecular weight excluding hydrogens is 557 g/mol. The molecule has 0 aliphatic carbocycles. The summed E-state index contributed by atoms with van der Waals surface area (Å²) in [6.45, 7) is 0.245. The second-order valence-corrected chi connectivity index (χ2v) is 9.34. The van der Waals surface area contributed by atoms with E-state index in [1.807, 2.05) is 30.3 Å². The van der Waals surface area contributed by atoms with Crippen LogP contribution < -0.4 is 16.1 Å². The molecule has 3 N–H and O–H groups in total. The zero-order chi connectivity index (χ0) is 25.2. The SMILES string of the molecule is O=C(CC(CC(=O)Nc1ccc(Br)cc1)c1ccc(Cl)cc1Cl)NOC(=O)NCc1ccccc1. The van der Waals surface area contributed by atoms with Gasteiger partial charge in [0.2, 0.25) is 5.91 Å². The fourth-order valence-electron chi connectivity index (χ4n) is 3.27. The number of rotatable bonds is 8. The summed E-state index contributed by atoms with van der Waals surface area (Å²) < 4.78 is 0.880. The van der Waals surface area contributed by atoms with Crippen molar-refractivity contribution in [3.8, 4) is 0 Å². The third kappa shape index (κ3) is 8.90. The van der Waals surface area contributed by atoms with Gasteiger partial charge in [-0.05, 0) is 47.5 Å². The summed E-state index contributed by atoms with van der Waals surface area (Å²) in [5, 5.41) is 6.10. The van der Waals surface area contributed by atoms with E-state index in [0.29, 0.717) is 21.3 Å². The number of carbonyl (C=O) groups is 3. The lowest BCUT2D eigenvalue weighted by Gasteiger charge is -2.18. The van der Waals surface area contributed by atoms with Gasteiger partial charge in [0.1, 0.15) is 0 Å². The zero-order valence-electron chi connectivity index (χ0n) is 18.4. The van der Waals surface area contributed by atoms with Gasteiger partial charge in [-0.1, -0.05) is 75.5 Å². The minimum absolute atomic E-state index is 0.0367. The van der Waals surface area contributed by atoms with Gasteiger partial charge >= 0.3 is 6.09 Å². The van der Waals surface area contributed by atoms with Crippen molar-refractivity contribution >= 4 is 62.7 Å². The number of hydrogen-bond acceptors (Lipinski definition) is 4. The van der Waals surface area contributed by atoms with Gasteiger partial charge in [-0.15, -0.1) is 0 Å². The highest BCUT2D eigenvalue weighted by molar-refractivity contribution is 9.10. The number of nitrogens with one attached hydrogen (secondary N) is 3. The van der Waals surface area contributed by atoms with Crippen LogP contribution in [0, 0.1) is 0 Å². The Kier molecular flexibility index (Phi) is 9.96.